The number of aryl methyl sites for hydroxylation is 1. The fraction of sp³-hybridized carbons (Fsp3) is 0.455. The van der Waals surface area contributed by atoms with Crippen molar-refractivity contribution in [2.45, 2.75) is 52.4 Å². The molecule has 7 nitrogen and oxygen atoms in total. The molecule has 10 heteroatoms. The molecule has 1 aliphatic rings. The fourth-order valence-electron chi connectivity index (χ4n) is 3.72. The quantitative estimate of drug-likeness (QED) is 0.650. The van der Waals surface area contributed by atoms with Crippen molar-refractivity contribution in [2.75, 3.05) is 13.1 Å². The van der Waals surface area contributed by atoms with E-state index in [4.69, 9.17) is 0 Å². The third-order valence-electron chi connectivity index (χ3n) is 5.11. The summed E-state index contributed by atoms with van der Waals surface area (Å²) in [5, 5.41) is 3.26. The van der Waals surface area contributed by atoms with Crippen LogP contribution >= 0.6 is 0 Å². The molecule has 0 aromatic carbocycles. The Morgan fingerprint density at radius 2 is 1.94 bits per heavy atom. The van der Waals surface area contributed by atoms with Crippen LogP contribution in [-0.2, 0) is 6.54 Å². The largest absolute Gasteiger partial charge is 0.574 e. The van der Waals surface area contributed by atoms with Gasteiger partial charge in [0.15, 0.2) is 5.65 Å². The van der Waals surface area contributed by atoms with E-state index >= 15 is 0 Å². The summed E-state index contributed by atoms with van der Waals surface area (Å²) in [5.74, 6) is -0.532. The highest BCUT2D eigenvalue weighted by atomic mass is 19.4. The van der Waals surface area contributed by atoms with E-state index in [9.17, 15) is 18.0 Å². The van der Waals surface area contributed by atoms with Gasteiger partial charge in [0.25, 0.3) is 5.56 Å². The number of hydrogen-bond donors (Lipinski definition) is 1. The number of halogens is 3. The minimum absolute atomic E-state index is 0.0531. The number of alkyl halides is 3. The van der Waals surface area contributed by atoms with Gasteiger partial charge >= 0.3 is 6.36 Å². The van der Waals surface area contributed by atoms with Gasteiger partial charge in [-0.05, 0) is 50.9 Å². The van der Waals surface area contributed by atoms with Crippen LogP contribution in [0.5, 0.6) is 5.88 Å². The number of ether oxygens (including phenoxy) is 1. The zero-order valence-electron chi connectivity index (χ0n) is 18.2. The number of aromatic nitrogens is 4. The van der Waals surface area contributed by atoms with Gasteiger partial charge in [-0.25, -0.2) is 9.97 Å². The molecule has 4 rings (SSSR count). The number of nitrogens with zero attached hydrogens (tertiary/aromatic N) is 4. The summed E-state index contributed by atoms with van der Waals surface area (Å²) in [6, 6.07) is 4.71. The highest BCUT2D eigenvalue weighted by molar-refractivity contribution is 5.71. The summed E-state index contributed by atoms with van der Waals surface area (Å²) in [4.78, 5) is 25.9. The van der Waals surface area contributed by atoms with Crippen LogP contribution < -0.4 is 15.6 Å². The molecule has 3 aromatic heterocycles. The molecule has 1 fully saturated rings. The van der Waals surface area contributed by atoms with Crippen molar-refractivity contribution in [2.24, 2.45) is 0 Å². The first-order valence-electron chi connectivity index (χ1n) is 10.6. The fourth-order valence-corrected chi connectivity index (χ4v) is 3.72. The van der Waals surface area contributed by atoms with Gasteiger partial charge < -0.3 is 10.1 Å². The lowest BCUT2D eigenvalue weighted by Crippen LogP contribution is -2.32. The lowest BCUT2D eigenvalue weighted by Gasteiger charge is -2.23. The molecular formula is C22H26F3N5O2. The van der Waals surface area contributed by atoms with Crippen molar-refractivity contribution in [3.63, 3.8) is 0 Å². The van der Waals surface area contributed by atoms with Gasteiger partial charge in [-0.15, -0.1) is 13.2 Å². The second-order valence-electron chi connectivity index (χ2n) is 7.25. The Kier molecular flexibility index (Phi) is 7.44. The zero-order chi connectivity index (χ0) is 23.3. The normalized spacial score (nSPS) is 14.7. The smallest absolute Gasteiger partial charge is 0.388 e. The number of piperidine rings is 1. The molecule has 0 unspecified atom stereocenters. The molecular weight excluding hydrogens is 423 g/mol. The summed E-state index contributed by atoms with van der Waals surface area (Å²) in [6.45, 7) is 7.18. The van der Waals surface area contributed by atoms with Crippen LogP contribution in [0.15, 0.2) is 35.4 Å². The third-order valence-corrected chi connectivity index (χ3v) is 5.11. The van der Waals surface area contributed by atoms with Crippen LogP contribution in [0.3, 0.4) is 0 Å². The summed E-state index contributed by atoms with van der Waals surface area (Å²) in [7, 11) is 0. The number of nitrogens with one attached hydrogen (secondary N) is 1. The Morgan fingerprint density at radius 1 is 1.22 bits per heavy atom. The monoisotopic (exact) mass is 449 g/mol. The molecule has 0 aliphatic carbocycles. The molecule has 0 atom stereocenters. The Balaban J connectivity index is 0.00000141. The topological polar surface area (TPSA) is 81.9 Å². The van der Waals surface area contributed by atoms with E-state index in [2.05, 4.69) is 25.0 Å². The van der Waals surface area contributed by atoms with Crippen LogP contribution in [0.25, 0.3) is 11.2 Å². The van der Waals surface area contributed by atoms with Gasteiger partial charge in [-0.2, -0.15) is 0 Å². The predicted octanol–water partition coefficient (Wildman–Crippen LogP) is 3.94. The van der Waals surface area contributed by atoms with E-state index in [1.54, 1.807) is 19.2 Å². The van der Waals surface area contributed by atoms with Crippen molar-refractivity contribution >= 4 is 11.2 Å². The number of rotatable bonds is 4. The molecule has 0 amide bonds. The van der Waals surface area contributed by atoms with Crippen molar-refractivity contribution < 1.29 is 17.9 Å². The highest BCUT2D eigenvalue weighted by Crippen LogP contribution is 2.27. The Morgan fingerprint density at radius 3 is 2.62 bits per heavy atom. The molecule has 1 saturated heterocycles. The number of pyridine rings is 2. The molecule has 0 saturated carbocycles. The van der Waals surface area contributed by atoms with E-state index in [-0.39, 0.29) is 23.6 Å². The molecule has 0 radical (unpaired) electrons. The van der Waals surface area contributed by atoms with Crippen LogP contribution in [-0.4, -0.2) is 39.0 Å². The molecule has 4 heterocycles. The maximum Gasteiger partial charge on any atom is 0.574 e. The van der Waals surface area contributed by atoms with Gasteiger partial charge in [-0.1, -0.05) is 19.9 Å². The molecule has 0 spiro atoms. The lowest BCUT2D eigenvalue weighted by atomic mass is 9.91. The van der Waals surface area contributed by atoms with E-state index in [1.807, 2.05) is 13.8 Å². The number of fused-ring (bicyclic) bond motifs is 1. The predicted molar refractivity (Wildman–Crippen MR) is 115 cm³/mol. The van der Waals surface area contributed by atoms with Crippen molar-refractivity contribution in [1.29, 1.82) is 0 Å². The highest BCUT2D eigenvalue weighted by Gasteiger charge is 2.33. The second kappa shape index (κ2) is 10.1. The molecule has 0 bridgehead atoms. The number of hydrogen-bond acceptors (Lipinski definition) is 6. The average Bonchev–Trinajstić information content (AvgIpc) is 2.78. The van der Waals surface area contributed by atoms with Gasteiger partial charge in [0.1, 0.15) is 5.52 Å². The van der Waals surface area contributed by atoms with Crippen LogP contribution in [0.2, 0.25) is 0 Å². The average molecular weight is 449 g/mol. The molecule has 32 heavy (non-hydrogen) atoms. The standard InChI is InChI=1S/C20H20F3N5O2.C2H6/c1-12-10-26-16-9-15(13-4-7-24-8-5-13)19(29)28(17(16)27-12)11-14-3-2-6-25-18(14)30-20(21,22)23;1-2/h2-3,6,9-10,13,24H,4-5,7-8,11H2,1H3;1-2H3. The first kappa shape index (κ1) is 23.6. The van der Waals surface area contributed by atoms with E-state index < -0.39 is 12.2 Å². The summed E-state index contributed by atoms with van der Waals surface area (Å²) >= 11 is 0. The Bertz CT molecular complexity index is 1120. The zero-order valence-corrected chi connectivity index (χ0v) is 18.2. The molecule has 1 N–H and O–H groups in total. The summed E-state index contributed by atoms with van der Waals surface area (Å²) in [5.41, 5.74) is 1.89. The van der Waals surface area contributed by atoms with Crippen LogP contribution in [0.4, 0.5) is 13.2 Å². The van der Waals surface area contributed by atoms with Gasteiger partial charge in [0.05, 0.1) is 12.2 Å². The lowest BCUT2D eigenvalue weighted by molar-refractivity contribution is -0.276. The molecule has 3 aromatic rings. The maximum atomic E-state index is 13.4. The SMILES string of the molecule is CC.Cc1cnc2cc(C3CCNCC3)c(=O)n(Cc3cccnc3OC(F)(F)F)c2n1. The minimum atomic E-state index is -4.89. The summed E-state index contributed by atoms with van der Waals surface area (Å²) in [6.07, 6.45) is -0.472. The van der Waals surface area contributed by atoms with Gasteiger partial charge in [0.2, 0.25) is 5.88 Å². The van der Waals surface area contributed by atoms with E-state index in [1.165, 1.54) is 22.9 Å². The second-order valence-corrected chi connectivity index (χ2v) is 7.25. The van der Waals surface area contributed by atoms with E-state index in [0.717, 1.165) is 25.9 Å². The molecule has 1 aliphatic heterocycles. The van der Waals surface area contributed by atoms with Crippen molar-refractivity contribution in [1.82, 2.24) is 24.8 Å². The Hall–Kier alpha value is -3.01. The molecule has 172 valence electrons. The third kappa shape index (κ3) is 5.42. The first-order valence-corrected chi connectivity index (χ1v) is 10.6. The van der Waals surface area contributed by atoms with Gasteiger partial charge in [0, 0.05) is 23.5 Å². The maximum absolute atomic E-state index is 13.4. The first-order chi connectivity index (χ1) is 15.3. The van der Waals surface area contributed by atoms with E-state index in [0.29, 0.717) is 22.4 Å². The van der Waals surface area contributed by atoms with Gasteiger partial charge in [-0.3, -0.25) is 14.3 Å². The van der Waals surface area contributed by atoms with Crippen LogP contribution in [0.1, 0.15) is 49.4 Å². The van der Waals surface area contributed by atoms with Crippen LogP contribution in [0, 0.1) is 6.92 Å². The van der Waals surface area contributed by atoms with Crippen molar-refractivity contribution in [3.05, 3.63) is 57.8 Å². The summed E-state index contributed by atoms with van der Waals surface area (Å²) < 4.78 is 43.8. The Labute approximate surface area is 183 Å². The minimum Gasteiger partial charge on any atom is -0.388 e. The van der Waals surface area contributed by atoms with Crippen molar-refractivity contribution in [3.8, 4) is 5.88 Å².